The number of esters is 1. The number of carbonyl (C=O) groups excluding carboxylic acids is 1. The zero-order chi connectivity index (χ0) is 14.5. The smallest absolute Gasteiger partial charge is 0.333 e. The summed E-state index contributed by atoms with van der Waals surface area (Å²) in [6, 6.07) is 10.6. The fraction of sp³-hybridized carbons (Fsp3) is 0.438. The fourth-order valence-corrected chi connectivity index (χ4v) is 2.06. The van der Waals surface area contributed by atoms with Crippen molar-refractivity contribution >= 4 is 5.97 Å². The number of nitrogens with zero attached hydrogens (tertiary/aromatic N) is 1. The van der Waals surface area contributed by atoms with Crippen LogP contribution < -0.4 is 0 Å². The molecule has 104 valence electrons. The van der Waals surface area contributed by atoms with Crippen LogP contribution in [-0.2, 0) is 9.53 Å². The van der Waals surface area contributed by atoms with E-state index >= 15 is 0 Å². The molecule has 0 aliphatic rings. The molecule has 1 aromatic rings. The highest BCUT2D eigenvalue weighted by atomic mass is 16.5. The first-order valence-electron chi connectivity index (χ1n) is 6.51. The first-order chi connectivity index (χ1) is 8.82. The van der Waals surface area contributed by atoms with Crippen LogP contribution in [0.1, 0.15) is 24.9 Å². The highest BCUT2D eigenvalue weighted by molar-refractivity contribution is 5.86. The third-order valence-corrected chi connectivity index (χ3v) is 3.09. The zero-order valence-electron chi connectivity index (χ0n) is 12.3. The summed E-state index contributed by atoms with van der Waals surface area (Å²) in [6.07, 6.45) is 0.798. The van der Waals surface area contributed by atoms with Gasteiger partial charge in [0.2, 0.25) is 0 Å². The average Bonchev–Trinajstić information content (AvgIpc) is 2.33. The minimum atomic E-state index is -0.312. The Morgan fingerprint density at radius 2 is 1.84 bits per heavy atom. The second-order valence-electron chi connectivity index (χ2n) is 5.75. The quantitative estimate of drug-likeness (QED) is 0.447. The molecule has 1 rings (SSSR count). The van der Waals surface area contributed by atoms with Crippen LogP contribution in [0.4, 0.5) is 0 Å². The van der Waals surface area contributed by atoms with Crippen LogP contribution in [0.25, 0.3) is 0 Å². The second-order valence-corrected chi connectivity index (χ2v) is 5.75. The SMILES string of the molecule is C=C(C)C(=O)OCCC(c1ccccc1)[N+](C)(C)C. The fourth-order valence-electron chi connectivity index (χ4n) is 2.06. The maximum Gasteiger partial charge on any atom is 0.333 e. The number of carbonyl (C=O) groups is 1. The summed E-state index contributed by atoms with van der Waals surface area (Å²) in [5.74, 6) is -0.312. The maximum absolute atomic E-state index is 11.4. The summed E-state index contributed by atoms with van der Waals surface area (Å²) in [4.78, 5) is 11.4. The van der Waals surface area contributed by atoms with Crippen LogP contribution in [0.3, 0.4) is 0 Å². The molecule has 1 unspecified atom stereocenters. The molecule has 0 N–H and O–H groups in total. The molecule has 0 aromatic heterocycles. The number of ether oxygens (including phenoxy) is 1. The van der Waals surface area contributed by atoms with Crippen molar-refractivity contribution in [3.8, 4) is 0 Å². The third kappa shape index (κ3) is 4.87. The lowest BCUT2D eigenvalue weighted by molar-refractivity contribution is -0.902. The number of rotatable bonds is 6. The Morgan fingerprint density at radius 1 is 1.26 bits per heavy atom. The van der Waals surface area contributed by atoms with Gasteiger partial charge in [-0.1, -0.05) is 36.9 Å². The molecule has 0 aliphatic heterocycles. The van der Waals surface area contributed by atoms with Crippen molar-refractivity contribution in [1.82, 2.24) is 0 Å². The molecule has 0 heterocycles. The maximum atomic E-state index is 11.4. The van der Waals surface area contributed by atoms with Crippen molar-refractivity contribution in [3.05, 3.63) is 48.0 Å². The average molecular weight is 262 g/mol. The summed E-state index contributed by atoms with van der Waals surface area (Å²) in [7, 11) is 6.45. The van der Waals surface area contributed by atoms with Crippen molar-refractivity contribution in [2.75, 3.05) is 27.7 Å². The Balaban J connectivity index is 2.68. The van der Waals surface area contributed by atoms with Crippen LogP contribution in [0.5, 0.6) is 0 Å². The van der Waals surface area contributed by atoms with E-state index < -0.39 is 0 Å². The Bertz CT molecular complexity index is 432. The number of hydrogen-bond acceptors (Lipinski definition) is 2. The van der Waals surface area contributed by atoms with Gasteiger partial charge in [-0.3, -0.25) is 0 Å². The number of benzene rings is 1. The zero-order valence-corrected chi connectivity index (χ0v) is 12.3. The highest BCUT2D eigenvalue weighted by Crippen LogP contribution is 2.26. The lowest BCUT2D eigenvalue weighted by atomic mass is 10.0. The van der Waals surface area contributed by atoms with Gasteiger partial charge in [0, 0.05) is 17.6 Å². The van der Waals surface area contributed by atoms with Gasteiger partial charge in [-0.15, -0.1) is 0 Å². The van der Waals surface area contributed by atoms with E-state index in [4.69, 9.17) is 4.74 Å². The molecule has 0 fully saturated rings. The van der Waals surface area contributed by atoms with Crippen LogP contribution >= 0.6 is 0 Å². The second kappa shape index (κ2) is 6.53. The van der Waals surface area contributed by atoms with Crippen molar-refractivity contribution in [2.45, 2.75) is 19.4 Å². The van der Waals surface area contributed by atoms with Crippen LogP contribution in [0.2, 0.25) is 0 Å². The van der Waals surface area contributed by atoms with Crippen molar-refractivity contribution in [3.63, 3.8) is 0 Å². The van der Waals surface area contributed by atoms with Gasteiger partial charge < -0.3 is 9.22 Å². The van der Waals surface area contributed by atoms with Gasteiger partial charge in [0.05, 0.1) is 27.7 Å². The van der Waals surface area contributed by atoms with Crippen molar-refractivity contribution in [1.29, 1.82) is 0 Å². The van der Waals surface area contributed by atoms with E-state index in [1.807, 2.05) is 18.2 Å². The Hall–Kier alpha value is -1.61. The molecule has 0 aliphatic carbocycles. The van der Waals surface area contributed by atoms with Gasteiger partial charge in [0.25, 0.3) is 0 Å². The molecule has 3 nitrogen and oxygen atoms in total. The molecule has 0 saturated carbocycles. The normalized spacial score (nSPS) is 12.8. The van der Waals surface area contributed by atoms with E-state index in [0.717, 1.165) is 10.9 Å². The lowest BCUT2D eigenvalue weighted by Crippen LogP contribution is -2.39. The summed E-state index contributed by atoms with van der Waals surface area (Å²) in [6.45, 7) is 5.66. The molecule has 0 spiro atoms. The summed E-state index contributed by atoms with van der Waals surface area (Å²) < 4.78 is 6.00. The molecule has 0 bridgehead atoms. The Labute approximate surface area is 116 Å². The van der Waals surface area contributed by atoms with E-state index in [9.17, 15) is 4.79 Å². The summed E-state index contributed by atoms with van der Waals surface area (Å²) in [5, 5.41) is 0. The van der Waals surface area contributed by atoms with Crippen LogP contribution in [-0.4, -0.2) is 38.2 Å². The molecule has 1 aromatic carbocycles. The Kier molecular flexibility index (Phi) is 5.31. The molecule has 0 radical (unpaired) electrons. The largest absolute Gasteiger partial charge is 0.462 e. The van der Waals surface area contributed by atoms with E-state index in [2.05, 4.69) is 39.9 Å². The monoisotopic (exact) mass is 262 g/mol. The topological polar surface area (TPSA) is 26.3 Å². The van der Waals surface area contributed by atoms with Crippen LogP contribution in [0.15, 0.2) is 42.5 Å². The van der Waals surface area contributed by atoms with Gasteiger partial charge in [-0.2, -0.15) is 0 Å². The van der Waals surface area contributed by atoms with Crippen LogP contribution in [0, 0.1) is 0 Å². The first-order valence-corrected chi connectivity index (χ1v) is 6.51. The summed E-state index contributed by atoms with van der Waals surface area (Å²) >= 11 is 0. The first kappa shape index (κ1) is 15.4. The standard InChI is InChI=1S/C16H24NO2/c1-13(2)16(18)19-12-11-15(17(3,4)5)14-9-7-6-8-10-14/h6-10,15H,1,11-12H2,2-5H3/q+1. The molecule has 3 heteroatoms. The number of hydrogen-bond donors (Lipinski definition) is 0. The minimum Gasteiger partial charge on any atom is -0.462 e. The predicted octanol–water partition coefficient (Wildman–Crippen LogP) is 2.94. The Morgan fingerprint density at radius 3 is 2.32 bits per heavy atom. The molecular formula is C16H24NO2+. The molecule has 0 amide bonds. The lowest BCUT2D eigenvalue weighted by Gasteiger charge is -2.34. The highest BCUT2D eigenvalue weighted by Gasteiger charge is 2.25. The van der Waals surface area contributed by atoms with E-state index in [1.54, 1.807) is 6.92 Å². The molecular weight excluding hydrogens is 238 g/mol. The molecule has 1 atom stereocenters. The molecule has 0 saturated heterocycles. The van der Waals surface area contributed by atoms with Gasteiger partial charge in [-0.25, -0.2) is 4.79 Å². The van der Waals surface area contributed by atoms with Gasteiger partial charge in [0.1, 0.15) is 6.04 Å². The van der Waals surface area contributed by atoms with Crippen molar-refractivity contribution in [2.24, 2.45) is 0 Å². The molecule has 19 heavy (non-hydrogen) atoms. The summed E-state index contributed by atoms with van der Waals surface area (Å²) in [5.41, 5.74) is 1.71. The van der Waals surface area contributed by atoms with Gasteiger partial charge in [-0.05, 0) is 6.92 Å². The van der Waals surface area contributed by atoms with Gasteiger partial charge >= 0.3 is 5.97 Å². The minimum absolute atomic E-state index is 0.305. The van der Waals surface area contributed by atoms with Crippen molar-refractivity contribution < 1.29 is 14.0 Å². The number of quaternary nitrogens is 1. The predicted molar refractivity (Wildman–Crippen MR) is 77.6 cm³/mol. The third-order valence-electron chi connectivity index (χ3n) is 3.09. The van der Waals surface area contributed by atoms with E-state index in [1.165, 1.54) is 5.56 Å². The van der Waals surface area contributed by atoms with Gasteiger partial charge in [0.15, 0.2) is 0 Å². The van der Waals surface area contributed by atoms with E-state index in [-0.39, 0.29) is 5.97 Å². The van der Waals surface area contributed by atoms with E-state index in [0.29, 0.717) is 18.2 Å².